The molecule has 3 aromatic carbocycles. The lowest BCUT2D eigenvalue weighted by atomic mass is 9.97. The lowest BCUT2D eigenvalue weighted by Gasteiger charge is -2.34. The first-order valence-electron chi connectivity index (χ1n) is 16.5. The molecule has 0 saturated carbocycles. The van der Waals surface area contributed by atoms with Crippen LogP contribution in [0.25, 0.3) is 0 Å². The smallest absolute Gasteiger partial charge is 0.328 e. The number of urea groups is 1. The average molecular weight is 761 g/mol. The molecule has 3 atom stereocenters. The molecule has 3 aromatic rings. The lowest BCUT2D eigenvalue weighted by Crippen LogP contribution is -2.57. The van der Waals surface area contributed by atoms with Crippen molar-refractivity contribution in [2.45, 2.75) is 63.7 Å². The summed E-state index contributed by atoms with van der Waals surface area (Å²) in [4.78, 5) is 53.1. The van der Waals surface area contributed by atoms with Crippen LogP contribution in [0.5, 0.6) is 0 Å². The summed E-state index contributed by atoms with van der Waals surface area (Å²) in [6, 6.07) is 12.6. The first-order chi connectivity index (χ1) is 24.4. The summed E-state index contributed by atoms with van der Waals surface area (Å²) < 4.78 is 43.5. The minimum Gasteiger partial charge on any atom is -0.397 e. The molecule has 4 rings (SSSR count). The molecule has 0 aromatic heterocycles. The first kappa shape index (κ1) is 40.1. The number of nitrogens with two attached hydrogens (primary N) is 1. The number of amides is 4. The minimum absolute atomic E-state index is 0.0168. The van der Waals surface area contributed by atoms with Crippen LogP contribution in [0.4, 0.5) is 20.6 Å². The van der Waals surface area contributed by atoms with E-state index < -0.39 is 93.6 Å². The Bertz CT molecular complexity index is 1920. The maximum Gasteiger partial charge on any atom is 0.328 e. The molecule has 0 bridgehead atoms. The number of carbonyl (C=O) groups is 3. The van der Waals surface area contributed by atoms with E-state index in [-0.39, 0.29) is 34.5 Å². The van der Waals surface area contributed by atoms with Gasteiger partial charge in [-0.1, -0.05) is 75.7 Å². The van der Waals surface area contributed by atoms with Crippen LogP contribution in [0, 0.1) is 27.8 Å². The van der Waals surface area contributed by atoms with Crippen molar-refractivity contribution >= 4 is 50.8 Å². The predicted molar refractivity (Wildman–Crippen MR) is 192 cm³/mol. The molecular weight excluding hydrogens is 719 g/mol. The molecule has 52 heavy (non-hydrogen) atoms. The van der Waals surface area contributed by atoms with Crippen LogP contribution < -0.4 is 11.1 Å². The number of aliphatic hydroxyl groups is 1. The third kappa shape index (κ3) is 9.23. The number of carbonyl (C=O) groups excluding carboxylic acids is 3. The molecule has 0 aliphatic carbocycles. The zero-order valence-electron chi connectivity index (χ0n) is 29.1. The van der Waals surface area contributed by atoms with Crippen LogP contribution in [0.2, 0.25) is 5.02 Å². The van der Waals surface area contributed by atoms with E-state index in [0.29, 0.717) is 10.5 Å². The number of halogens is 2. The Morgan fingerprint density at radius 3 is 2.35 bits per heavy atom. The highest BCUT2D eigenvalue weighted by Gasteiger charge is 2.45. The fourth-order valence-electron chi connectivity index (χ4n) is 6.04. The monoisotopic (exact) mass is 760 g/mol. The number of sulfonamides is 1. The second-order valence-electron chi connectivity index (χ2n) is 13.3. The van der Waals surface area contributed by atoms with Gasteiger partial charge >= 0.3 is 6.03 Å². The number of aliphatic hydroxyl groups excluding tert-OH is 1. The van der Waals surface area contributed by atoms with Crippen LogP contribution in [0.1, 0.15) is 38.8 Å². The highest BCUT2D eigenvalue weighted by molar-refractivity contribution is 7.89. The molecule has 0 spiro atoms. The third-order valence-corrected chi connectivity index (χ3v) is 10.8. The first-order valence-corrected chi connectivity index (χ1v) is 18.3. The van der Waals surface area contributed by atoms with Gasteiger partial charge in [-0.15, -0.1) is 0 Å². The topological polar surface area (TPSA) is 196 Å². The molecule has 1 saturated heterocycles. The van der Waals surface area contributed by atoms with Gasteiger partial charge in [-0.3, -0.25) is 24.6 Å². The van der Waals surface area contributed by atoms with Gasteiger partial charge in [0.25, 0.3) is 11.6 Å². The number of nitrogen functional groups attached to an aromatic ring is 1. The van der Waals surface area contributed by atoms with Gasteiger partial charge in [0, 0.05) is 19.2 Å². The number of nitrogens with zero attached hydrogens (tertiary/aromatic N) is 4. The van der Waals surface area contributed by atoms with E-state index in [9.17, 15) is 42.4 Å². The van der Waals surface area contributed by atoms with Gasteiger partial charge in [-0.05, 0) is 48.1 Å². The highest BCUT2D eigenvalue weighted by Crippen LogP contribution is 2.28. The number of nitrogens with one attached hydrogen (secondary N) is 1. The van der Waals surface area contributed by atoms with E-state index >= 15 is 0 Å². The SMILES string of the molecule is CC(C)CN(C[C@@H](O)[C@H](Cc1ccccc1)NC(=O)C(C(C)C)N1CC(=O)N(Cc2c(F)cccc2[N+](=O)[O-])C1=O)S(=O)(=O)c1ccc(Cl)c(N)c1. The number of imide groups is 1. The highest BCUT2D eigenvalue weighted by atomic mass is 35.5. The molecule has 1 heterocycles. The quantitative estimate of drug-likeness (QED) is 0.0830. The van der Waals surface area contributed by atoms with E-state index in [1.807, 2.05) is 13.8 Å². The summed E-state index contributed by atoms with van der Waals surface area (Å²) in [6.45, 7) is 5.21. The third-order valence-electron chi connectivity index (χ3n) is 8.58. The molecule has 280 valence electrons. The van der Waals surface area contributed by atoms with E-state index in [2.05, 4.69) is 5.32 Å². The maximum atomic E-state index is 14.7. The fraction of sp³-hybridized carbons (Fsp3) is 0.400. The Morgan fingerprint density at radius 2 is 1.75 bits per heavy atom. The number of hydrogen-bond acceptors (Lipinski definition) is 9. The van der Waals surface area contributed by atoms with Crippen molar-refractivity contribution in [3.63, 3.8) is 0 Å². The molecule has 1 aliphatic heterocycles. The summed E-state index contributed by atoms with van der Waals surface area (Å²) in [5.41, 5.74) is 5.59. The normalized spacial score (nSPS) is 15.4. The van der Waals surface area contributed by atoms with E-state index in [4.69, 9.17) is 17.3 Å². The van der Waals surface area contributed by atoms with Crippen LogP contribution in [0.15, 0.2) is 71.6 Å². The van der Waals surface area contributed by atoms with E-state index in [1.54, 1.807) is 44.2 Å². The van der Waals surface area contributed by atoms with Crippen molar-refractivity contribution in [3.8, 4) is 0 Å². The Hall–Kier alpha value is -4.64. The molecule has 0 radical (unpaired) electrons. The van der Waals surface area contributed by atoms with Crippen LogP contribution >= 0.6 is 11.6 Å². The maximum absolute atomic E-state index is 14.7. The van der Waals surface area contributed by atoms with Crippen molar-refractivity contribution in [2.24, 2.45) is 11.8 Å². The van der Waals surface area contributed by atoms with Crippen molar-refractivity contribution in [3.05, 3.63) is 98.8 Å². The van der Waals surface area contributed by atoms with E-state index in [1.165, 1.54) is 18.2 Å². The van der Waals surface area contributed by atoms with Gasteiger partial charge in [-0.2, -0.15) is 4.31 Å². The second kappa shape index (κ2) is 16.8. The zero-order valence-corrected chi connectivity index (χ0v) is 30.7. The molecule has 1 fully saturated rings. The van der Waals surface area contributed by atoms with Gasteiger partial charge in [-0.25, -0.2) is 17.6 Å². The predicted octanol–water partition coefficient (Wildman–Crippen LogP) is 4.19. The van der Waals surface area contributed by atoms with Crippen molar-refractivity contribution in [1.29, 1.82) is 0 Å². The summed E-state index contributed by atoms with van der Waals surface area (Å²) in [5.74, 6) is -3.25. The number of hydrogen-bond donors (Lipinski definition) is 3. The molecule has 4 amide bonds. The average Bonchev–Trinajstić information content (AvgIpc) is 3.34. The van der Waals surface area contributed by atoms with Crippen LogP contribution in [-0.2, 0) is 32.6 Å². The summed E-state index contributed by atoms with van der Waals surface area (Å²) in [7, 11) is -4.21. The van der Waals surface area contributed by atoms with Crippen LogP contribution in [-0.4, -0.2) is 88.2 Å². The molecular formula is C35H42ClFN6O8S. The number of anilines is 1. The fourth-order valence-corrected chi connectivity index (χ4v) is 7.81. The van der Waals surface area contributed by atoms with Gasteiger partial charge < -0.3 is 21.1 Å². The minimum atomic E-state index is -4.21. The molecule has 1 aliphatic rings. The summed E-state index contributed by atoms with van der Waals surface area (Å²) in [5, 5.41) is 26.2. The molecule has 4 N–H and O–H groups in total. The summed E-state index contributed by atoms with van der Waals surface area (Å²) in [6.07, 6.45) is -1.40. The van der Waals surface area contributed by atoms with Gasteiger partial charge in [0.05, 0.1) is 44.8 Å². The number of benzene rings is 3. The van der Waals surface area contributed by atoms with Crippen LogP contribution in [0.3, 0.4) is 0 Å². The molecule has 17 heteroatoms. The lowest BCUT2D eigenvalue weighted by molar-refractivity contribution is -0.385. The second-order valence-corrected chi connectivity index (χ2v) is 15.7. The molecule has 14 nitrogen and oxygen atoms in total. The van der Waals surface area contributed by atoms with Gasteiger partial charge in [0.1, 0.15) is 18.4 Å². The largest absolute Gasteiger partial charge is 0.397 e. The number of rotatable bonds is 16. The zero-order chi connectivity index (χ0) is 38.5. The Kier molecular flexibility index (Phi) is 13.0. The van der Waals surface area contributed by atoms with Crippen molar-refractivity contribution in [2.75, 3.05) is 25.4 Å². The molecule has 1 unspecified atom stereocenters. The number of nitro benzene ring substituents is 1. The standard InChI is InChI=1S/C35H42ClFN6O8S/c1-21(2)17-40(52(50,51)24-13-14-26(36)28(38)16-24)19-31(44)29(15-23-9-6-5-7-10-23)39-34(46)33(22(3)4)42-20-32(45)41(35(42)47)18-25-27(37)11-8-12-30(25)43(48)49/h5-14,16,21-22,29,31,33,44H,15,17-20,38H2,1-4H3,(H,39,46)/t29-,31+,33?/m0/s1. The Balaban J connectivity index is 1.62. The van der Waals surface area contributed by atoms with E-state index in [0.717, 1.165) is 27.4 Å². The van der Waals surface area contributed by atoms with Crippen molar-refractivity contribution < 1.29 is 37.2 Å². The van der Waals surface area contributed by atoms with Crippen molar-refractivity contribution in [1.82, 2.24) is 19.4 Å². The Labute approximate surface area is 306 Å². The Morgan fingerprint density at radius 1 is 1.08 bits per heavy atom. The van der Waals surface area contributed by atoms with Gasteiger partial charge in [0.15, 0.2) is 0 Å². The van der Waals surface area contributed by atoms with Gasteiger partial charge in [0.2, 0.25) is 15.9 Å². The summed E-state index contributed by atoms with van der Waals surface area (Å²) >= 11 is 6.03. The number of nitro groups is 1.